The summed E-state index contributed by atoms with van der Waals surface area (Å²) < 4.78 is 1.74. The average molecular weight is 322 g/mol. The van der Waals surface area contributed by atoms with Gasteiger partial charge in [0.2, 0.25) is 11.8 Å². The van der Waals surface area contributed by atoms with Gasteiger partial charge < -0.3 is 10.2 Å². The number of thioether (sulfide) groups is 1. The van der Waals surface area contributed by atoms with Crippen LogP contribution in [0, 0.1) is 11.8 Å². The molecule has 0 unspecified atom stereocenters. The fraction of sp³-hybridized carbons (Fsp3) is 0.667. The van der Waals surface area contributed by atoms with Gasteiger partial charge in [-0.25, -0.2) is 0 Å². The van der Waals surface area contributed by atoms with E-state index in [4.69, 9.17) is 0 Å². The van der Waals surface area contributed by atoms with Crippen LogP contribution in [0.1, 0.15) is 31.5 Å². The lowest BCUT2D eigenvalue weighted by atomic mass is 10.1. The van der Waals surface area contributed by atoms with Crippen molar-refractivity contribution in [1.29, 1.82) is 0 Å². The minimum Gasteiger partial charge on any atom is -0.342 e. The Morgan fingerprint density at radius 3 is 2.95 bits per heavy atom. The summed E-state index contributed by atoms with van der Waals surface area (Å²) in [6.07, 6.45) is 0.313. The molecule has 3 heterocycles. The maximum absolute atomic E-state index is 12.5. The molecule has 0 aromatic carbocycles. The Labute approximate surface area is 134 Å². The zero-order chi connectivity index (χ0) is 15.9. The van der Waals surface area contributed by atoms with Crippen LogP contribution in [0.3, 0.4) is 0 Å². The molecule has 2 aliphatic rings. The Balaban J connectivity index is 1.67. The van der Waals surface area contributed by atoms with Crippen molar-refractivity contribution in [1.82, 2.24) is 14.7 Å². The summed E-state index contributed by atoms with van der Waals surface area (Å²) in [5, 5.41) is 7.44. The number of nitrogens with zero attached hydrogens (tertiary/aromatic N) is 3. The molecule has 22 heavy (non-hydrogen) atoms. The van der Waals surface area contributed by atoms with Crippen LogP contribution in [-0.2, 0) is 28.1 Å². The van der Waals surface area contributed by atoms with Crippen molar-refractivity contribution in [2.45, 2.75) is 31.8 Å². The lowest BCUT2D eigenvalue weighted by Gasteiger charge is -2.18. The molecule has 0 aliphatic carbocycles. The molecule has 120 valence electrons. The van der Waals surface area contributed by atoms with Gasteiger partial charge in [-0.15, -0.1) is 0 Å². The Morgan fingerprint density at radius 2 is 2.23 bits per heavy atom. The Bertz CT molecular complexity index is 611. The number of rotatable bonds is 4. The smallest absolute Gasteiger partial charge is 0.230 e. The third kappa shape index (κ3) is 2.86. The predicted octanol–water partition coefficient (Wildman–Crippen LogP) is 1.61. The second-order valence-electron chi connectivity index (χ2n) is 6.47. The third-order valence-electron chi connectivity index (χ3n) is 4.13. The lowest BCUT2D eigenvalue weighted by molar-refractivity contribution is -0.128. The Kier molecular flexibility index (Phi) is 4.16. The van der Waals surface area contributed by atoms with Gasteiger partial charge in [0.05, 0.1) is 11.6 Å². The number of likely N-dealkylation sites (tertiary alicyclic amines) is 1. The molecular weight excluding hydrogens is 300 g/mol. The van der Waals surface area contributed by atoms with Crippen molar-refractivity contribution in [3.8, 4) is 0 Å². The SMILES string of the molecule is CC(C)CN1C[C@H](C(=O)Nc2c3c(nn2C)CSC3)CC1=O. The first kappa shape index (κ1) is 15.4. The number of amides is 2. The predicted molar refractivity (Wildman–Crippen MR) is 86.4 cm³/mol. The summed E-state index contributed by atoms with van der Waals surface area (Å²) in [5.41, 5.74) is 2.19. The number of carbonyl (C=O) groups is 2. The number of carbonyl (C=O) groups excluding carboxylic acids is 2. The quantitative estimate of drug-likeness (QED) is 0.914. The molecule has 1 N–H and O–H groups in total. The highest BCUT2D eigenvalue weighted by atomic mass is 32.2. The van der Waals surface area contributed by atoms with Crippen molar-refractivity contribution in [3.05, 3.63) is 11.3 Å². The van der Waals surface area contributed by atoms with E-state index in [1.54, 1.807) is 9.58 Å². The average Bonchev–Trinajstić information content (AvgIpc) is 3.09. The van der Waals surface area contributed by atoms with E-state index in [2.05, 4.69) is 24.3 Å². The van der Waals surface area contributed by atoms with Gasteiger partial charge in [0.1, 0.15) is 5.82 Å². The van der Waals surface area contributed by atoms with E-state index < -0.39 is 0 Å². The Hall–Kier alpha value is -1.50. The molecule has 2 aliphatic heterocycles. The molecule has 1 saturated heterocycles. The molecule has 2 amide bonds. The molecule has 0 spiro atoms. The van der Waals surface area contributed by atoms with Gasteiger partial charge >= 0.3 is 0 Å². The second-order valence-corrected chi connectivity index (χ2v) is 7.46. The lowest BCUT2D eigenvalue weighted by Crippen LogP contribution is -2.31. The molecule has 0 saturated carbocycles. The number of aromatic nitrogens is 2. The van der Waals surface area contributed by atoms with Crippen LogP contribution in [0.25, 0.3) is 0 Å². The van der Waals surface area contributed by atoms with E-state index in [0.717, 1.165) is 35.1 Å². The molecule has 0 radical (unpaired) electrons. The molecule has 0 bridgehead atoms. The van der Waals surface area contributed by atoms with E-state index >= 15 is 0 Å². The number of nitrogens with one attached hydrogen (secondary N) is 1. The van der Waals surface area contributed by atoms with Crippen molar-refractivity contribution in [3.63, 3.8) is 0 Å². The molecule has 1 aromatic heterocycles. The minimum absolute atomic E-state index is 0.0673. The normalized spacial score (nSPS) is 20.8. The zero-order valence-corrected chi connectivity index (χ0v) is 14.1. The van der Waals surface area contributed by atoms with E-state index in [9.17, 15) is 9.59 Å². The maximum atomic E-state index is 12.5. The van der Waals surface area contributed by atoms with Crippen LogP contribution in [-0.4, -0.2) is 39.6 Å². The largest absolute Gasteiger partial charge is 0.342 e. The molecule has 7 heteroatoms. The number of aryl methyl sites for hydroxylation is 1. The summed E-state index contributed by atoms with van der Waals surface area (Å²) in [4.78, 5) is 26.3. The van der Waals surface area contributed by atoms with Crippen molar-refractivity contribution in [2.24, 2.45) is 18.9 Å². The third-order valence-corrected chi connectivity index (χ3v) is 5.10. The summed E-state index contributed by atoms with van der Waals surface area (Å²) in [7, 11) is 1.85. The van der Waals surface area contributed by atoms with Crippen molar-refractivity contribution >= 4 is 29.4 Å². The van der Waals surface area contributed by atoms with Gasteiger partial charge in [-0.3, -0.25) is 14.3 Å². The van der Waals surface area contributed by atoms with Crippen LogP contribution < -0.4 is 5.32 Å². The fourth-order valence-corrected chi connectivity index (χ4v) is 4.12. The fourth-order valence-electron chi connectivity index (χ4n) is 3.08. The summed E-state index contributed by atoms with van der Waals surface area (Å²) in [5.74, 6) is 2.76. The zero-order valence-electron chi connectivity index (χ0n) is 13.3. The number of hydrogen-bond donors (Lipinski definition) is 1. The highest BCUT2D eigenvalue weighted by Gasteiger charge is 2.35. The van der Waals surface area contributed by atoms with Crippen LogP contribution in [0.4, 0.5) is 5.82 Å². The highest BCUT2D eigenvalue weighted by molar-refractivity contribution is 7.98. The summed E-state index contributed by atoms with van der Waals surface area (Å²) in [6, 6.07) is 0. The first-order valence-corrected chi connectivity index (χ1v) is 8.82. The van der Waals surface area contributed by atoms with E-state index in [1.807, 2.05) is 18.8 Å². The van der Waals surface area contributed by atoms with Gasteiger partial charge in [-0.2, -0.15) is 16.9 Å². The maximum Gasteiger partial charge on any atom is 0.230 e. The van der Waals surface area contributed by atoms with E-state index in [1.165, 1.54) is 0 Å². The van der Waals surface area contributed by atoms with Gasteiger partial charge in [0.15, 0.2) is 0 Å². The minimum atomic E-state index is -0.258. The molecule has 1 aromatic rings. The van der Waals surface area contributed by atoms with Crippen LogP contribution in [0.15, 0.2) is 0 Å². The number of hydrogen-bond acceptors (Lipinski definition) is 4. The van der Waals surface area contributed by atoms with E-state index in [0.29, 0.717) is 18.9 Å². The van der Waals surface area contributed by atoms with E-state index in [-0.39, 0.29) is 17.7 Å². The molecular formula is C15H22N4O2S. The van der Waals surface area contributed by atoms with Crippen LogP contribution >= 0.6 is 11.8 Å². The Morgan fingerprint density at radius 1 is 1.45 bits per heavy atom. The number of fused-ring (bicyclic) bond motifs is 1. The molecule has 1 fully saturated rings. The highest BCUT2D eigenvalue weighted by Crippen LogP contribution is 2.34. The monoisotopic (exact) mass is 322 g/mol. The van der Waals surface area contributed by atoms with Gasteiger partial charge in [-0.1, -0.05) is 13.8 Å². The first-order valence-electron chi connectivity index (χ1n) is 7.66. The van der Waals surface area contributed by atoms with Crippen molar-refractivity contribution in [2.75, 3.05) is 18.4 Å². The number of anilines is 1. The molecule has 1 atom stereocenters. The van der Waals surface area contributed by atoms with Gasteiger partial charge in [0, 0.05) is 43.6 Å². The van der Waals surface area contributed by atoms with Gasteiger partial charge in [-0.05, 0) is 5.92 Å². The van der Waals surface area contributed by atoms with Gasteiger partial charge in [0.25, 0.3) is 0 Å². The first-order chi connectivity index (χ1) is 10.5. The standard InChI is InChI=1S/C15H22N4O2S/c1-9(2)5-19-6-10(4-13(19)20)15(21)16-14-11-7-22-8-12(11)17-18(14)3/h9-10H,4-8H2,1-3H3,(H,16,21)/t10-/m1/s1. The summed E-state index contributed by atoms with van der Waals surface area (Å²) >= 11 is 1.81. The van der Waals surface area contributed by atoms with Crippen LogP contribution in [0.5, 0.6) is 0 Å². The molecule has 3 rings (SSSR count). The van der Waals surface area contributed by atoms with Crippen LogP contribution in [0.2, 0.25) is 0 Å². The molecule has 6 nitrogen and oxygen atoms in total. The topological polar surface area (TPSA) is 67.2 Å². The van der Waals surface area contributed by atoms with Crippen molar-refractivity contribution < 1.29 is 9.59 Å². The summed E-state index contributed by atoms with van der Waals surface area (Å²) in [6.45, 7) is 5.41. The second kappa shape index (κ2) is 5.95.